The topological polar surface area (TPSA) is 61.4 Å². The second-order valence-corrected chi connectivity index (χ2v) is 7.82. The average Bonchev–Trinajstić information content (AvgIpc) is 2.49. The van der Waals surface area contributed by atoms with Gasteiger partial charge in [-0.05, 0) is 49.7 Å². The Morgan fingerprint density at radius 2 is 1.72 bits per heavy atom. The molecule has 0 saturated heterocycles. The molecule has 1 rings (SSSR count). The summed E-state index contributed by atoms with van der Waals surface area (Å²) in [6.45, 7) is 9.25. The normalized spacial score (nSPS) is 13.0. The van der Waals surface area contributed by atoms with Crippen LogP contribution < -0.4 is 10.6 Å². The molecule has 0 heterocycles. The zero-order valence-electron chi connectivity index (χ0n) is 16.0. The van der Waals surface area contributed by atoms with Crippen LogP contribution in [0.3, 0.4) is 0 Å². The number of carbonyl (C=O) groups excluding carboxylic acids is 2. The second kappa shape index (κ2) is 8.94. The van der Waals surface area contributed by atoms with E-state index < -0.39 is 11.9 Å². The molecule has 140 valence electrons. The smallest absolute Gasteiger partial charge is 0.251 e. The van der Waals surface area contributed by atoms with Crippen LogP contribution in [0.15, 0.2) is 24.3 Å². The van der Waals surface area contributed by atoms with Gasteiger partial charge in [-0.2, -0.15) is 0 Å². The number of nitrogens with one attached hydrogen (secondary N) is 2. The molecule has 0 bridgehead atoms. The highest BCUT2D eigenvalue weighted by Gasteiger charge is 2.27. The van der Waals surface area contributed by atoms with Crippen LogP contribution in [0.4, 0.5) is 4.39 Å². The van der Waals surface area contributed by atoms with Gasteiger partial charge in [0.2, 0.25) is 5.91 Å². The highest BCUT2D eigenvalue weighted by Crippen LogP contribution is 2.15. The number of halogens is 1. The predicted molar refractivity (Wildman–Crippen MR) is 97.8 cm³/mol. The highest BCUT2D eigenvalue weighted by atomic mass is 19.1. The van der Waals surface area contributed by atoms with Crippen LogP contribution in [0, 0.1) is 17.2 Å². The van der Waals surface area contributed by atoms with E-state index in [9.17, 15) is 14.0 Å². The molecule has 0 saturated carbocycles. The third-order valence-electron chi connectivity index (χ3n) is 3.83. The Hall–Kier alpha value is -1.95. The van der Waals surface area contributed by atoms with E-state index in [4.69, 9.17) is 0 Å². The Bertz CT molecular complexity index is 583. The van der Waals surface area contributed by atoms with E-state index >= 15 is 0 Å². The fourth-order valence-corrected chi connectivity index (χ4v) is 2.71. The van der Waals surface area contributed by atoms with Gasteiger partial charge in [0.05, 0.1) is 0 Å². The summed E-state index contributed by atoms with van der Waals surface area (Å²) >= 11 is 0. The van der Waals surface area contributed by atoms with Gasteiger partial charge in [-0.3, -0.25) is 9.59 Å². The third kappa shape index (κ3) is 7.22. The van der Waals surface area contributed by atoms with E-state index in [1.807, 2.05) is 27.9 Å². The van der Waals surface area contributed by atoms with Crippen molar-refractivity contribution in [1.29, 1.82) is 0 Å². The summed E-state index contributed by atoms with van der Waals surface area (Å²) in [7, 11) is 3.98. The Labute approximate surface area is 150 Å². The van der Waals surface area contributed by atoms with Crippen LogP contribution in [-0.2, 0) is 4.79 Å². The quantitative estimate of drug-likeness (QED) is 0.755. The summed E-state index contributed by atoms with van der Waals surface area (Å²) in [5.41, 5.74) is 0.245. The molecular weight excluding hydrogens is 321 g/mol. The number of hydrogen-bond donors (Lipinski definition) is 2. The van der Waals surface area contributed by atoms with Crippen LogP contribution in [0.25, 0.3) is 0 Å². The molecule has 1 aromatic rings. The molecular formula is C19H30FN3O2. The molecule has 2 amide bonds. The van der Waals surface area contributed by atoms with Crippen molar-refractivity contribution >= 4 is 11.8 Å². The molecule has 0 aliphatic heterocycles. The van der Waals surface area contributed by atoms with Crippen LogP contribution in [0.2, 0.25) is 0 Å². The van der Waals surface area contributed by atoms with Gasteiger partial charge >= 0.3 is 0 Å². The fourth-order valence-electron chi connectivity index (χ4n) is 2.71. The molecule has 0 aliphatic rings. The van der Waals surface area contributed by atoms with Gasteiger partial charge in [-0.25, -0.2) is 4.39 Å². The first-order valence-corrected chi connectivity index (χ1v) is 8.51. The Morgan fingerprint density at radius 3 is 2.20 bits per heavy atom. The van der Waals surface area contributed by atoms with Crippen molar-refractivity contribution in [2.24, 2.45) is 11.3 Å². The molecule has 0 radical (unpaired) electrons. The van der Waals surface area contributed by atoms with Gasteiger partial charge in [0.25, 0.3) is 5.91 Å². The van der Waals surface area contributed by atoms with E-state index in [-0.39, 0.29) is 23.1 Å². The van der Waals surface area contributed by atoms with Crippen LogP contribution >= 0.6 is 0 Å². The van der Waals surface area contributed by atoms with Gasteiger partial charge in [-0.15, -0.1) is 0 Å². The minimum Gasteiger partial charge on any atom is -0.354 e. The number of carbonyl (C=O) groups is 2. The van der Waals surface area contributed by atoms with Gasteiger partial charge < -0.3 is 15.5 Å². The second-order valence-electron chi connectivity index (χ2n) is 7.82. The standard InChI is InChI=1S/C19H30FN3O2/c1-13(2)16(18(25)21-11-19(3,4)12-23(5)6)22-17(24)14-7-9-15(20)10-8-14/h7-10,13,16H,11-12H2,1-6H3,(H,21,25)(H,22,24)/t16-/m0/s1. The van der Waals surface area contributed by atoms with Crippen LogP contribution in [0.5, 0.6) is 0 Å². The van der Waals surface area contributed by atoms with E-state index in [2.05, 4.69) is 29.4 Å². The van der Waals surface area contributed by atoms with E-state index in [0.717, 1.165) is 6.54 Å². The first kappa shape index (κ1) is 21.1. The predicted octanol–water partition coefficient (Wildman–Crippen LogP) is 2.28. The SMILES string of the molecule is CC(C)[C@H](NC(=O)c1ccc(F)cc1)C(=O)NCC(C)(C)CN(C)C. The average molecular weight is 351 g/mol. The van der Waals surface area contributed by atoms with Crippen molar-refractivity contribution in [3.8, 4) is 0 Å². The molecule has 0 fully saturated rings. The molecule has 0 aromatic heterocycles. The number of rotatable bonds is 8. The van der Waals surface area contributed by atoms with E-state index in [1.54, 1.807) is 0 Å². The van der Waals surface area contributed by atoms with Crippen molar-refractivity contribution in [2.75, 3.05) is 27.2 Å². The number of amides is 2. The molecule has 0 unspecified atom stereocenters. The summed E-state index contributed by atoms with van der Waals surface area (Å²) in [6, 6.07) is 4.61. The maximum atomic E-state index is 13.0. The lowest BCUT2D eigenvalue weighted by molar-refractivity contribution is -0.124. The summed E-state index contributed by atoms with van der Waals surface area (Å²) in [6.07, 6.45) is 0. The van der Waals surface area contributed by atoms with E-state index in [0.29, 0.717) is 12.1 Å². The summed E-state index contributed by atoms with van der Waals surface area (Å²) in [5, 5.41) is 5.68. The van der Waals surface area contributed by atoms with Crippen LogP contribution in [-0.4, -0.2) is 49.9 Å². The van der Waals surface area contributed by atoms with Crippen LogP contribution in [0.1, 0.15) is 38.1 Å². The molecule has 25 heavy (non-hydrogen) atoms. The minimum absolute atomic E-state index is 0.0682. The third-order valence-corrected chi connectivity index (χ3v) is 3.83. The zero-order chi connectivity index (χ0) is 19.2. The largest absolute Gasteiger partial charge is 0.354 e. The van der Waals surface area contributed by atoms with E-state index in [1.165, 1.54) is 24.3 Å². The first-order valence-electron chi connectivity index (χ1n) is 8.51. The Balaban J connectivity index is 2.71. The molecule has 6 heteroatoms. The zero-order valence-corrected chi connectivity index (χ0v) is 16.0. The van der Waals surface area contributed by atoms with Crippen molar-refractivity contribution in [2.45, 2.75) is 33.7 Å². The maximum Gasteiger partial charge on any atom is 0.251 e. The molecule has 1 aromatic carbocycles. The highest BCUT2D eigenvalue weighted by molar-refractivity contribution is 5.97. The lowest BCUT2D eigenvalue weighted by Crippen LogP contribution is -2.52. The van der Waals surface area contributed by atoms with Gasteiger partial charge in [0.1, 0.15) is 11.9 Å². The molecule has 1 atom stereocenters. The van der Waals surface area contributed by atoms with Gasteiger partial charge in [-0.1, -0.05) is 27.7 Å². The van der Waals surface area contributed by atoms with Gasteiger partial charge in [0.15, 0.2) is 0 Å². The molecule has 0 spiro atoms. The number of hydrogen-bond acceptors (Lipinski definition) is 3. The maximum absolute atomic E-state index is 13.0. The number of benzene rings is 1. The number of nitrogens with zero attached hydrogens (tertiary/aromatic N) is 1. The fraction of sp³-hybridized carbons (Fsp3) is 0.579. The van der Waals surface area contributed by atoms with Crippen molar-refractivity contribution in [3.05, 3.63) is 35.6 Å². The summed E-state index contributed by atoms with van der Waals surface area (Å²) < 4.78 is 13.0. The summed E-state index contributed by atoms with van der Waals surface area (Å²) in [4.78, 5) is 26.9. The van der Waals surface area contributed by atoms with Crippen molar-refractivity contribution < 1.29 is 14.0 Å². The summed E-state index contributed by atoms with van der Waals surface area (Å²) in [5.74, 6) is -1.07. The van der Waals surface area contributed by atoms with Gasteiger partial charge in [0, 0.05) is 18.7 Å². The monoisotopic (exact) mass is 351 g/mol. The lowest BCUT2D eigenvalue weighted by Gasteiger charge is -2.30. The minimum atomic E-state index is -0.646. The first-order chi connectivity index (χ1) is 11.5. The molecule has 0 aliphatic carbocycles. The Kier molecular flexibility index (Phi) is 7.55. The Morgan fingerprint density at radius 1 is 1.16 bits per heavy atom. The molecule has 2 N–H and O–H groups in total. The van der Waals surface area contributed by atoms with Crippen molar-refractivity contribution in [3.63, 3.8) is 0 Å². The molecule has 5 nitrogen and oxygen atoms in total. The lowest BCUT2D eigenvalue weighted by atomic mass is 9.92. The van der Waals surface area contributed by atoms with Crippen molar-refractivity contribution in [1.82, 2.24) is 15.5 Å².